The average Bonchev–Trinajstić information content (AvgIpc) is 3.34. The van der Waals surface area contributed by atoms with Crippen LogP contribution in [0.5, 0.6) is 0 Å². The average molecular weight is 472 g/mol. The van der Waals surface area contributed by atoms with Crippen molar-refractivity contribution >= 4 is 39.8 Å². The van der Waals surface area contributed by atoms with Gasteiger partial charge < -0.3 is 4.57 Å². The van der Waals surface area contributed by atoms with Crippen LogP contribution in [-0.2, 0) is 4.79 Å². The van der Waals surface area contributed by atoms with E-state index in [2.05, 4.69) is 46.7 Å². The summed E-state index contributed by atoms with van der Waals surface area (Å²) in [5.41, 5.74) is 6.72. The van der Waals surface area contributed by atoms with Gasteiger partial charge in [-0.2, -0.15) is 15.1 Å². The van der Waals surface area contributed by atoms with Crippen molar-refractivity contribution in [2.24, 2.45) is 10.1 Å². The van der Waals surface area contributed by atoms with Crippen LogP contribution in [0.3, 0.4) is 0 Å². The largest absolute Gasteiger partial charge is 0.318 e. The van der Waals surface area contributed by atoms with Gasteiger partial charge in [-0.25, -0.2) is 4.39 Å². The fourth-order valence-corrected chi connectivity index (χ4v) is 5.00. The van der Waals surface area contributed by atoms with Gasteiger partial charge in [0.05, 0.1) is 5.57 Å². The molecule has 3 aromatic rings. The number of aryl methyl sites for hydroxylation is 3. The van der Waals surface area contributed by atoms with Crippen LogP contribution in [0, 0.1) is 38.9 Å². The van der Waals surface area contributed by atoms with Gasteiger partial charge in [0.25, 0.3) is 5.91 Å². The second kappa shape index (κ2) is 8.22. The molecule has 0 saturated carbocycles. The van der Waals surface area contributed by atoms with Gasteiger partial charge in [0, 0.05) is 22.6 Å². The van der Waals surface area contributed by atoms with Crippen LogP contribution in [0.2, 0.25) is 0 Å². The molecule has 2 aliphatic rings. The molecule has 170 valence electrons. The molecular weight excluding hydrogens is 449 g/mol. The van der Waals surface area contributed by atoms with Gasteiger partial charge in [-0.15, -0.1) is 0 Å². The number of nitrogens with one attached hydrogen (secondary N) is 1. The Hall–Kier alpha value is -3.78. The monoisotopic (exact) mass is 471 g/mol. The molecule has 5 rings (SSSR count). The van der Waals surface area contributed by atoms with Crippen molar-refractivity contribution in [1.82, 2.24) is 9.58 Å². The first-order valence-electron chi connectivity index (χ1n) is 10.8. The van der Waals surface area contributed by atoms with Crippen molar-refractivity contribution in [3.8, 4) is 5.69 Å². The summed E-state index contributed by atoms with van der Waals surface area (Å²) in [5.74, 6) is -1.00. The number of fused-ring (bicyclic) bond motifs is 1. The topological polar surface area (TPSA) is 73.8 Å². The smallest absolute Gasteiger partial charge is 0.283 e. The molecule has 0 unspecified atom stereocenters. The Morgan fingerprint density at radius 2 is 1.79 bits per heavy atom. The Morgan fingerprint density at radius 3 is 2.53 bits per heavy atom. The lowest BCUT2D eigenvalue weighted by molar-refractivity contribution is -0.114. The summed E-state index contributed by atoms with van der Waals surface area (Å²) in [7, 11) is 0. The van der Waals surface area contributed by atoms with Gasteiger partial charge in [0.1, 0.15) is 10.9 Å². The first-order valence-corrected chi connectivity index (χ1v) is 11.6. The number of benzene rings is 2. The molecule has 0 fully saturated rings. The van der Waals surface area contributed by atoms with Gasteiger partial charge in [-0.05, 0) is 92.6 Å². The summed E-state index contributed by atoms with van der Waals surface area (Å²) < 4.78 is 16.4. The number of amides is 1. The number of halogens is 1. The highest BCUT2D eigenvalue weighted by Crippen LogP contribution is 2.32. The minimum absolute atomic E-state index is 0.0789. The summed E-state index contributed by atoms with van der Waals surface area (Å²) >= 11 is 1.08. The van der Waals surface area contributed by atoms with E-state index >= 15 is 0 Å². The quantitative estimate of drug-likeness (QED) is 0.512. The van der Waals surface area contributed by atoms with Crippen molar-refractivity contribution in [3.63, 3.8) is 0 Å². The maximum Gasteiger partial charge on any atom is 0.283 e. The third-order valence-electron chi connectivity index (χ3n) is 6.08. The van der Waals surface area contributed by atoms with Crippen molar-refractivity contribution in [1.29, 1.82) is 5.41 Å². The number of amidine groups is 2. The van der Waals surface area contributed by atoms with Crippen LogP contribution in [0.1, 0.15) is 33.6 Å². The lowest BCUT2D eigenvalue weighted by atomic mass is 10.1. The van der Waals surface area contributed by atoms with Crippen molar-refractivity contribution < 1.29 is 9.18 Å². The molecule has 1 amide bonds. The molecule has 0 spiro atoms. The highest BCUT2D eigenvalue weighted by Gasteiger charge is 2.36. The van der Waals surface area contributed by atoms with E-state index in [-0.39, 0.29) is 16.6 Å². The zero-order valence-corrected chi connectivity index (χ0v) is 20.0. The van der Waals surface area contributed by atoms with Gasteiger partial charge in [-0.1, -0.05) is 18.2 Å². The number of carbonyl (C=O) groups is 1. The minimum atomic E-state index is -0.510. The van der Waals surface area contributed by atoms with Gasteiger partial charge >= 0.3 is 0 Å². The van der Waals surface area contributed by atoms with E-state index < -0.39 is 11.7 Å². The summed E-state index contributed by atoms with van der Waals surface area (Å²) in [5, 5.41) is 14.9. The third kappa shape index (κ3) is 3.60. The van der Waals surface area contributed by atoms with E-state index in [4.69, 9.17) is 5.41 Å². The van der Waals surface area contributed by atoms with Gasteiger partial charge in [-0.3, -0.25) is 10.2 Å². The molecule has 1 aromatic heterocycles. The number of hydrazone groups is 1. The Balaban J connectivity index is 1.52. The van der Waals surface area contributed by atoms with Crippen LogP contribution in [0.15, 0.2) is 64.2 Å². The van der Waals surface area contributed by atoms with Crippen molar-refractivity contribution in [2.45, 2.75) is 27.7 Å². The lowest BCUT2D eigenvalue weighted by Gasteiger charge is -2.20. The molecule has 1 N–H and O–H groups in total. The molecule has 0 aliphatic carbocycles. The number of nitrogens with zero attached hydrogens (tertiary/aromatic N) is 4. The number of carbonyl (C=O) groups excluding carboxylic acids is 1. The number of thioether (sulfide) groups is 1. The SMILES string of the molecule is Cc1ccc(-n2c(C)cc(C=C3C(=N)N4N=C(c5ccccc5F)SC4=NC3=O)c2C)cc1C. The Morgan fingerprint density at radius 1 is 1.03 bits per heavy atom. The fraction of sp³-hybridized carbons (Fsp3) is 0.154. The molecule has 0 bridgehead atoms. The molecule has 0 radical (unpaired) electrons. The van der Waals surface area contributed by atoms with Crippen LogP contribution in [-0.4, -0.2) is 31.5 Å². The van der Waals surface area contributed by atoms with E-state index in [1.807, 2.05) is 19.9 Å². The van der Waals surface area contributed by atoms with E-state index in [1.54, 1.807) is 24.3 Å². The predicted molar refractivity (Wildman–Crippen MR) is 135 cm³/mol. The molecule has 3 heterocycles. The molecule has 2 aromatic carbocycles. The van der Waals surface area contributed by atoms with Crippen LogP contribution < -0.4 is 0 Å². The van der Waals surface area contributed by atoms with Crippen LogP contribution in [0.25, 0.3) is 11.8 Å². The van der Waals surface area contributed by atoms with E-state index in [9.17, 15) is 9.18 Å². The number of aromatic nitrogens is 1. The summed E-state index contributed by atoms with van der Waals surface area (Å²) in [6.45, 7) is 8.16. The number of aliphatic imine (C=N–C) groups is 1. The normalized spacial score (nSPS) is 16.7. The summed E-state index contributed by atoms with van der Waals surface area (Å²) in [6, 6.07) is 14.6. The number of hydrogen-bond acceptors (Lipinski definition) is 4. The van der Waals surface area contributed by atoms with E-state index in [1.165, 1.54) is 22.2 Å². The second-order valence-electron chi connectivity index (χ2n) is 8.34. The van der Waals surface area contributed by atoms with Crippen LogP contribution >= 0.6 is 11.8 Å². The third-order valence-corrected chi connectivity index (χ3v) is 7.02. The molecule has 0 atom stereocenters. The van der Waals surface area contributed by atoms with Crippen LogP contribution in [0.4, 0.5) is 4.39 Å². The predicted octanol–water partition coefficient (Wildman–Crippen LogP) is 5.52. The maximum absolute atomic E-state index is 14.2. The molecular formula is C26H22FN5OS. The van der Waals surface area contributed by atoms with Gasteiger partial charge in [0.15, 0.2) is 5.84 Å². The maximum atomic E-state index is 14.2. The molecule has 2 aliphatic heterocycles. The Labute approximate surface area is 201 Å². The van der Waals surface area contributed by atoms with E-state index in [0.717, 1.165) is 34.4 Å². The van der Waals surface area contributed by atoms with Crippen molar-refractivity contribution in [3.05, 3.63) is 93.6 Å². The Bertz CT molecular complexity index is 1480. The number of hydrogen-bond donors (Lipinski definition) is 1. The Kier molecular flexibility index (Phi) is 5.32. The second-order valence-corrected chi connectivity index (χ2v) is 9.29. The fourth-order valence-electron chi connectivity index (χ4n) is 4.09. The zero-order chi connectivity index (χ0) is 24.1. The zero-order valence-electron chi connectivity index (χ0n) is 19.2. The molecule has 0 saturated heterocycles. The highest BCUT2D eigenvalue weighted by atomic mass is 32.2. The highest BCUT2D eigenvalue weighted by molar-refractivity contribution is 8.27. The minimum Gasteiger partial charge on any atom is -0.318 e. The molecule has 8 heteroatoms. The number of rotatable bonds is 3. The summed E-state index contributed by atoms with van der Waals surface area (Å²) in [4.78, 5) is 17.0. The van der Waals surface area contributed by atoms with E-state index in [0.29, 0.717) is 10.6 Å². The summed E-state index contributed by atoms with van der Waals surface area (Å²) in [6.07, 6.45) is 1.69. The first-order chi connectivity index (χ1) is 16.2. The molecule has 34 heavy (non-hydrogen) atoms. The first kappa shape index (κ1) is 22.0. The lowest BCUT2D eigenvalue weighted by Crippen LogP contribution is -2.35. The van der Waals surface area contributed by atoms with Crippen molar-refractivity contribution in [2.75, 3.05) is 0 Å². The molecule has 6 nitrogen and oxygen atoms in total. The standard InChI is InChI=1S/C26H22FN5OS/c1-14-9-10-19(11-15(14)2)31-16(3)12-18(17(31)4)13-21-23(28)32-26(29-24(21)33)34-25(30-32)20-7-5-6-8-22(20)27/h5-13,28H,1-4H3. The van der Waals surface area contributed by atoms with Gasteiger partial charge in [0.2, 0.25) is 5.17 Å².